The van der Waals surface area contributed by atoms with Gasteiger partial charge < -0.3 is 10.2 Å². The number of hydrogen-bond acceptors (Lipinski definition) is 4. The van der Waals surface area contributed by atoms with Crippen molar-refractivity contribution in [2.24, 2.45) is 0 Å². The molecule has 0 saturated carbocycles. The minimum Gasteiger partial charge on any atom is -0.336 e. The summed E-state index contributed by atoms with van der Waals surface area (Å²) < 4.78 is 1.87. The molecule has 0 spiro atoms. The number of amides is 2. The number of fused-ring (bicyclic) bond motifs is 1. The van der Waals surface area contributed by atoms with Gasteiger partial charge in [0, 0.05) is 36.1 Å². The van der Waals surface area contributed by atoms with Gasteiger partial charge in [-0.3, -0.25) is 14.0 Å². The maximum absolute atomic E-state index is 12.3. The van der Waals surface area contributed by atoms with E-state index in [1.165, 1.54) is 16.2 Å². The van der Waals surface area contributed by atoms with Gasteiger partial charge in [0.2, 0.25) is 11.8 Å². The molecule has 3 aromatic rings. The molecular formula is C18H16N4O2S. The number of nitrogens with zero attached hydrogens (tertiary/aromatic N) is 3. The average molecular weight is 352 g/mol. The number of benzene rings is 1. The number of aromatic nitrogens is 2. The highest BCUT2D eigenvalue weighted by atomic mass is 32.1. The molecule has 0 aliphatic rings. The molecule has 3 rings (SSSR count). The standard InChI is InChI=1S/C18H16N4O2S/c1-3-13-5-4-6-14(9-13)19-16(23)12-21(2)17(24)10-15-11-22-7-8-25-18(22)20-15/h1,4-9,11H,10,12H2,2H3,(H,19,23). The number of thiazole rings is 1. The lowest BCUT2D eigenvalue weighted by atomic mass is 10.2. The highest BCUT2D eigenvalue weighted by Gasteiger charge is 2.15. The molecule has 0 bridgehead atoms. The lowest BCUT2D eigenvalue weighted by molar-refractivity contribution is -0.132. The third kappa shape index (κ3) is 4.05. The van der Waals surface area contributed by atoms with Gasteiger partial charge >= 0.3 is 0 Å². The number of terminal acetylenes is 1. The Kier molecular flexibility index (Phi) is 4.82. The van der Waals surface area contributed by atoms with E-state index in [2.05, 4.69) is 16.2 Å². The molecule has 0 unspecified atom stereocenters. The molecule has 1 N–H and O–H groups in total. The van der Waals surface area contributed by atoms with E-state index in [1.54, 1.807) is 31.3 Å². The van der Waals surface area contributed by atoms with Crippen LogP contribution in [0.1, 0.15) is 11.3 Å². The zero-order valence-corrected chi connectivity index (χ0v) is 14.4. The average Bonchev–Trinajstić information content (AvgIpc) is 3.16. The smallest absolute Gasteiger partial charge is 0.243 e. The van der Waals surface area contributed by atoms with E-state index in [4.69, 9.17) is 6.42 Å². The number of nitrogens with one attached hydrogen (secondary N) is 1. The normalized spacial score (nSPS) is 10.4. The molecule has 0 radical (unpaired) electrons. The second-order valence-electron chi connectivity index (χ2n) is 5.52. The largest absolute Gasteiger partial charge is 0.336 e. The predicted molar refractivity (Wildman–Crippen MR) is 97.4 cm³/mol. The van der Waals surface area contributed by atoms with Crippen molar-refractivity contribution in [3.05, 3.63) is 53.3 Å². The Balaban J connectivity index is 1.56. The van der Waals surface area contributed by atoms with Crippen LogP contribution in [0, 0.1) is 12.3 Å². The van der Waals surface area contributed by atoms with Crippen LogP contribution in [-0.2, 0) is 16.0 Å². The number of likely N-dealkylation sites (N-methyl/N-ethyl adjacent to an activating group) is 1. The summed E-state index contributed by atoms with van der Waals surface area (Å²) in [6.07, 6.45) is 9.21. The van der Waals surface area contributed by atoms with Crippen LogP contribution in [0.25, 0.3) is 4.96 Å². The van der Waals surface area contributed by atoms with Crippen LogP contribution in [0.2, 0.25) is 0 Å². The van der Waals surface area contributed by atoms with Gasteiger partial charge in [-0.05, 0) is 18.2 Å². The van der Waals surface area contributed by atoms with E-state index < -0.39 is 0 Å². The zero-order valence-electron chi connectivity index (χ0n) is 13.6. The van der Waals surface area contributed by atoms with Crippen molar-refractivity contribution >= 4 is 33.8 Å². The summed E-state index contributed by atoms with van der Waals surface area (Å²) in [5.74, 6) is 2.06. The molecule has 2 aromatic heterocycles. The molecule has 25 heavy (non-hydrogen) atoms. The Bertz CT molecular complexity index is 938. The van der Waals surface area contributed by atoms with Crippen LogP contribution in [-0.4, -0.2) is 39.7 Å². The number of carbonyl (C=O) groups excluding carboxylic acids is 2. The van der Waals surface area contributed by atoms with Gasteiger partial charge in [-0.1, -0.05) is 12.0 Å². The van der Waals surface area contributed by atoms with Crippen LogP contribution in [0.4, 0.5) is 5.69 Å². The quantitative estimate of drug-likeness (QED) is 0.715. The van der Waals surface area contributed by atoms with Crippen molar-refractivity contribution in [2.75, 3.05) is 18.9 Å². The molecule has 0 atom stereocenters. The molecule has 126 valence electrons. The highest BCUT2D eigenvalue weighted by molar-refractivity contribution is 7.15. The summed E-state index contributed by atoms with van der Waals surface area (Å²) in [5.41, 5.74) is 1.98. The molecule has 6 nitrogen and oxygen atoms in total. The molecule has 0 aliphatic carbocycles. The van der Waals surface area contributed by atoms with Crippen molar-refractivity contribution in [3.63, 3.8) is 0 Å². The lowest BCUT2D eigenvalue weighted by Gasteiger charge is -2.16. The van der Waals surface area contributed by atoms with Gasteiger partial charge in [0.25, 0.3) is 0 Å². The Labute approximate surface area is 149 Å². The van der Waals surface area contributed by atoms with Gasteiger partial charge in [-0.25, -0.2) is 4.98 Å². The zero-order chi connectivity index (χ0) is 17.8. The van der Waals surface area contributed by atoms with Crippen molar-refractivity contribution in [1.82, 2.24) is 14.3 Å². The van der Waals surface area contributed by atoms with Gasteiger partial charge in [0.15, 0.2) is 4.96 Å². The number of imidazole rings is 1. The van der Waals surface area contributed by atoms with Crippen LogP contribution < -0.4 is 5.32 Å². The summed E-state index contributed by atoms with van der Waals surface area (Å²) >= 11 is 1.51. The van der Waals surface area contributed by atoms with E-state index in [-0.39, 0.29) is 24.8 Å². The van der Waals surface area contributed by atoms with Gasteiger partial charge in [-0.2, -0.15) is 0 Å². The first-order valence-corrected chi connectivity index (χ1v) is 8.44. The second-order valence-corrected chi connectivity index (χ2v) is 6.40. The van der Waals surface area contributed by atoms with Crippen LogP contribution in [0.3, 0.4) is 0 Å². The van der Waals surface area contributed by atoms with E-state index >= 15 is 0 Å². The molecule has 7 heteroatoms. The van der Waals surface area contributed by atoms with Crippen LogP contribution >= 0.6 is 11.3 Å². The summed E-state index contributed by atoms with van der Waals surface area (Å²) in [6.45, 7) is -0.0403. The molecule has 2 heterocycles. The first-order chi connectivity index (χ1) is 12.0. The third-order valence-electron chi connectivity index (χ3n) is 3.60. The maximum atomic E-state index is 12.3. The Morgan fingerprint density at radius 3 is 3.04 bits per heavy atom. The molecule has 0 aliphatic heterocycles. The van der Waals surface area contributed by atoms with Crippen LogP contribution in [0.15, 0.2) is 42.0 Å². The number of hydrogen-bond donors (Lipinski definition) is 1. The monoisotopic (exact) mass is 352 g/mol. The van der Waals surface area contributed by atoms with Crippen molar-refractivity contribution < 1.29 is 9.59 Å². The van der Waals surface area contributed by atoms with Gasteiger partial charge in [0.1, 0.15) is 0 Å². The molecular weight excluding hydrogens is 336 g/mol. The molecule has 0 fully saturated rings. The van der Waals surface area contributed by atoms with E-state index in [0.717, 1.165) is 4.96 Å². The fraction of sp³-hybridized carbons (Fsp3) is 0.167. The summed E-state index contributed by atoms with van der Waals surface area (Å²) in [6, 6.07) is 7.00. The first kappa shape index (κ1) is 16.7. The highest BCUT2D eigenvalue weighted by Crippen LogP contribution is 2.12. The number of rotatable bonds is 5. The summed E-state index contributed by atoms with van der Waals surface area (Å²) in [5, 5.41) is 4.67. The minimum atomic E-state index is -0.282. The number of carbonyl (C=O) groups is 2. The van der Waals surface area contributed by atoms with Crippen molar-refractivity contribution in [3.8, 4) is 12.3 Å². The lowest BCUT2D eigenvalue weighted by Crippen LogP contribution is -2.35. The van der Waals surface area contributed by atoms with Crippen molar-refractivity contribution in [1.29, 1.82) is 0 Å². The third-order valence-corrected chi connectivity index (χ3v) is 4.37. The predicted octanol–water partition coefficient (Wildman–Crippen LogP) is 2.02. The molecule has 2 amide bonds. The number of anilines is 1. The Morgan fingerprint density at radius 1 is 1.44 bits per heavy atom. The maximum Gasteiger partial charge on any atom is 0.243 e. The molecule has 0 saturated heterocycles. The first-order valence-electron chi connectivity index (χ1n) is 7.57. The summed E-state index contributed by atoms with van der Waals surface area (Å²) in [7, 11) is 1.60. The Hall–Kier alpha value is -3.11. The van der Waals surface area contributed by atoms with Gasteiger partial charge in [-0.15, -0.1) is 17.8 Å². The fourth-order valence-corrected chi connectivity index (χ4v) is 3.06. The molecule has 1 aromatic carbocycles. The van der Waals surface area contributed by atoms with Crippen molar-refractivity contribution in [2.45, 2.75) is 6.42 Å². The van der Waals surface area contributed by atoms with E-state index in [9.17, 15) is 9.59 Å². The van der Waals surface area contributed by atoms with E-state index in [1.807, 2.05) is 22.2 Å². The Morgan fingerprint density at radius 2 is 2.28 bits per heavy atom. The summed E-state index contributed by atoms with van der Waals surface area (Å²) in [4.78, 5) is 31.0. The second kappa shape index (κ2) is 7.20. The SMILES string of the molecule is C#Cc1cccc(NC(=O)CN(C)C(=O)Cc2cn3ccsc3n2)c1. The fourth-order valence-electron chi connectivity index (χ4n) is 2.34. The van der Waals surface area contributed by atoms with E-state index in [0.29, 0.717) is 16.9 Å². The minimum absolute atomic E-state index is 0.0403. The topological polar surface area (TPSA) is 66.7 Å². The van der Waals surface area contributed by atoms with Gasteiger partial charge in [0.05, 0.1) is 18.7 Å². The van der Waals surface area contributed by atoms with Crippen LogP contribution in [0.5, 0.6) is 0 Å².